The van der Waals surface area contributed by atoms with Gasteiger partial charge >= 0.3 is 6.09 Å². The van der Waals surface area contributed by atoms with E-state index in [9.17, 15) is 9.59 Å². The molecule has 1 saturated carbocycles. The van der Waals surface area contributed by atoms with Crippen LogP contribution in [-0.4, -0.2) is 32.5 Å². The number of nitrogen functional groups attached to an aromatic ring is 1. The monoisotopic (exact) mass is 328 g/mol. The summed E-state index contributed by atoms with van der Waals surface area (Å²) in [5.74, 6) is -0.0698. The van der Waals surface area contributed by atoms with Crippen LogP contribution < -0.4 is 21.1 Å². The Morgan fingerprint density at radius 1 is 1.21 bits per heavy atom. The number of nitrogens with zero attached hydrogens (tertiary/aromatic N) is 3. The van der Waals surface area contributed by atoms with Crippen molar-refractivity contribution >= 4 is 17.7 Å². The molecular weight excluding hydrogens is 312 g/mol. The van der Waals surface area contributed by atoms with E-state index in [1.807, 2.05) is 0 Å². The normalized spacial score (nSPS) is 14.5. The maximum absolute atomic E-state index is 12.3. The van der Waals surface area contributed by atoms with Crippen molar-refractivity contribution in [3.63, 3.8) is 0 Å². The quantitative estimate of drug-likeness (QED) is 0.723. The molecule has 1 aliphatic rings. The number of anilines is 1. The molecule has 0 radical (unpaired) electrons. The Morgan fingerprint density at radius 2 is 1.96 bits per heavy atom. The molecule has 2 heterocycles. The van der Waals surface area contributed by atoms with Crippen molar-refractivity contribution in [2.45, 2.75) is 24.9 Å². The average Bonchev–Trinajstić information content (AvgIpc) is 3.35. The van der Waals surface area contributed by atoms with Crippen LogP contribution in [0.15, 0.2) is 37.1 Å². The molecule has 0 saturated heterocycles. The predicted molar refractivity (Wildman–Crippen MR) is 83.7 cm³/mol. The molecule has 2 aromatic rings. The summed E-state index contributed by atoms with van der Waals surface area (Å²) in [4.78, 5) is 35.8. The highest BCUT2D eigenvalue weighted by Crippen LogP contribution is 2.35. The van der Waals surface area contributed by atoms with Gasteiger partial charge in [-0.3, -0.25) is 9.78 Å². The van der Waals surface area contributed by atoms with Gasteiger partial charge in [-0.2, -0.15) is 0 Å². The highest BCUT2D eigenvalue weighted by atomic mass is 16.6. The SMILES string of the molecule is Nc1ccc(CNC(=O)C2(NC(=O)Oc3cncnc3)CC2)nc1. The number of rotatable bonds is 5. The number of carbonyl (C=O) groups is 2. The molecule has 1 aliphatic carbocycles. The second kappa shape index (κ2) is 6.49. The Labute approximate surface area is 137 Å². The zero-order valence-corrected chi connectivity index (χ0v) is 12.7. The first-order valence-corrected chi connectivity index (χ1v) is 7.31. The van der Waals surface area contributed by atoms with Crippen LogP contribution in [0.2, 0.25) is 0 Å². The van der Waals surface area contributed by atoms with E-state index in [0.29, 0.717) is 24.2 Å². The highest BCUT2D eigenvalue weighted by Gasteiger charge is 2.51. The molecular formula is C15H16N6O3. The van der Waals surface area contributed by atoms with Gasteiger partial charge < -0.3 is 21.1 Å². The highest BCUT2D eigenvalue weighted by molar-refractivity contribution is 5.93. The van der Waals surface area contributed by atoms with Crippen molar-refractivity contribution in [2.24, 2.45) is 0 Å². The fraction of sp³-hybridized carbons (Fsp3) is 0.267. The molecule has 0 bridgehead atoms. The van der Waals surface area contributed by atoms with E-state index in [0.717, 1.165) is 0 Å². The summed E-state index contributed by atoms with van der Waals surface area (Å²) in [6, 6.07) is 3.44. The molecule has 9 heteroatoms. The van der Waals surface area contributed by atoms with Crippen LogP contribution in [0.3, 0.4) is 0 Å². The van der Waals surface area contributed by atoms with Crippen molar-refractivity contribution in [3.05, 3.63) is 42.7 Å². The Balaban J connectivity index is 1.52. The van der Waals surface area contributed by atoms with Gasteiger partial charge in [-0.25, -0.2) is 14.8 Å². The van der Waals surface area contributed by atoms with Crippen molar-refractivity contribution in [1.29, 1.82) is 0 Å². The minimum Gasteiger partial charge on any atom is -0.407 e. The molecule has 24 heavy (non-hydrogen) atoms. The van der Waals surface area contributed by atoms with Gasteiger partial charge in [0, 0.05) is 0 Å². The Bertz CT molecular complexity index is 731. The topological polar surface area (TPSA) is 132 Å². The molecule has 0 spiro atoms. The molecule has 0 aromatic carbocycles. The minimum atomic E-state index is -0.930. The van der Waals surface area contributed by atoms with Gasteiger partial charge in [0.15, 0.2) is 5.75 Å². The third-order valence-electron chi connectivity index (χ3n) is 3.55. The summed E-state index contributed by atoms with van der Waals surface area (Å²) in [6.07, 6.45) is 5.95. The summed E-state index contributed by atoms with van der Waals surface area (Å²) >= 11 is 0. The molecule has 2 amide bonds. The number of nitrogens with one attached hydrogen (secondary N) is 2. The molecule has 2 aromatic heterocycles. The first-order chi connectivity index (χ1) is 11.6. The van der Waals surface area contributed by atoms with Crippen LogP contribution in [0.1, 0.15) is 18.5 Å². The molecule has 124 valence electrons. The van der Waals surface area contributed by atoms with E-state index in [1.54, 1.807) is 12.1 Å². The van der Waals surface area contributed by atoms with Gasteiger partial charge in [-0.1, -0.05) is 0 Å². The van der Waals surface area contributed by atoms with Crippen LogP contribution in [0, 0.1) is 0 Å². The van der Waals surface area contributed by atoms with Crippen molar-refractivity contribution in [3.8, 4) is 5.75 Å². The third-order valence-corrected chi connectivity index (χ3v) is 3.55. The van der Waals surface area contributed by atoms with E-state index < -0.39 is 11.6 Å². The first kappa shape index (κ1) is 15.7. The number of ether oxygens (including phenoxy) is 1. The van der Waals surface area contributed by atoms with Gasteiger partial charge in [0.25, 0.3) is 0 Å². The van der Waals surface area contributed by atoms with Crippen LogP contribution in [0.4, 0.5) is 10.5 Å². The lowest BCUT2D eigenvalue weighted by Crippen LogP contribution is -2.49. The minimum absolute atomic E-state index is 0.206. The van der Waals surface area contributed by atoms with E-state index in [-0.39, 0.29) is 18.2 Å². The Morgan fingerprint density at radius 3 is 2.58 bits per heavy atom. The number of hydrogen-bond donors (Lipinski definition) is 3. The summed E-state index contributed by atoms with van der Waals surface area (Å²) in [6.45, 7) is 0.254. The second-order valence-electron chi connectivity index (χ2n) is 5.44. The number of aromatic nitrogens is 3. The van der Waals surface area contributed by atoms with Gasteiger partial charge in [-0.05, 0) is 25.0 Å². The van der Waals surface area contributed by atoms with Crippen molar-refractivity contribution < 1.29 is 14.3 Å². The second-order valence-corrected chi connectivity index (χ2v) is 5.44. The fourth-order valence-corrected chi connectivity index (χ4v) is 2.08. The van der Waals surface area contributed by atoms with Crippen LogP contribution in [0.5, 0.6) is 5.75 Å². The lowest BCUT2D eigenvalue weighted by molar-refractivity contribution is -0.124. The first-order valence-electron chi connectivity index (χ1n) is 7.31. The number of carbonyl (C=O) groups excluding carboxylic acids is 2. The van der Waals surface area contributed by atoms with Gasteiger partial charge in [0.1, 0.15) is 11.9 Å². The Kier molecular flexibility index (Phi) is 4.23. The average molecular weight is 328 g/mol. The lowest BCUT2D eigenvalue weighted by atomic mass is 10.2. The lowest BCUT2D eigenvalue weighted by Gasteiger charge is -2.16. The summed E-state index contributed by atoms with van der Waals surface area (Å²) in [7, 11) is 0. The van der Waals surface area contributed by atoms with Crippen molar-refractivity contribution in [1.82, 2.24) is 25.6 Å². The van der Waals surface area contributed by atoms with E-state index in [1.165, 1.54) is 24.9 Å². The number of nitrogens with two attached hydrogens (primary N) is 1. The standard InChI is InChI=1S/C15H16N6O3/c16-10-1-2-11(19-5-10)6-20-13(22)15(3-4-15)21-14(23)24-12-7-17-9-18-8-12/h1-2,5,7-9H,3-4,6,16H2,(H,20,22)(H,21,23). The molecule has 9 nitrogen and oxygen atoms in total. The summed E-state index contributed by atoms with van der Waals surface area (Å²) < 4.78 is 5.04. The molecule has 1 fully saturated rings. The smallest absolute Gasteiger partial charge is 0.407 e. The van der Waals surface area contributed by atoms with Crippen molar-refractivity contribution in [2.75, 3.05) is 5.73 Å². The molecule has 3 rings (SSSR count). The summed E-state index contributed by atoms with van der Waals surface area (Å²) in [5, 5.41) is 5.35. The zero-order chi connectivity index (χ0) is 17.0. The molecule has 4 N–H and O–H groups in total. The maximum atomic E-state index is 12.3. The van der Waals surface area contributed by atoms with Gasteiger partial charge in [-0.15, -0.1) is 0 Å². The number of hydrogen-bond acceptors (Lipinski definition) is 7. The molecule has 0 unspecified atom stereocenters. The Hall–Kier alpha value is -3.23. The largest absolute Gasteiger partial charge is 0.413 e. The molecule has 0 atom stereocenters. The van der Waals surface area contributed by atoms with Crippen LogP contribution in [-0.2, 0) is 11.3 Å². The maximum Gasteiger partial charge on any atom is 0.413 e. The van der Waals surface area contributed by atoms with E-state index >= 15 is 0 Å². The number of amides is 2. The zero-order valence-electron chi connectivity index (χ0n) is 12.7. The van der Waals surface area contributed by atoms with Gasteiger partial charge in [0.05, 0.1) is 36.5 Å². The van der Waals surface area contributed by atoms with Crippen LogP contribution in [0.25, 0.3) is 0 Å². The fourth-order valence-electron chi connectivity index (χ4n) is 2.08. The van der Waals surface area contributed by atoms with E-state index in [2.05, 4.69) is 25.6 Å². The van der Waals surface area contributed by atoms with Gasteiger partial charge in [0.2, 0.25) is 5.91 Å². The van der Waals surface area contributed by atoms with E-state index in [4.69, 9.17) is 10.5 Å². The predicted octanol–water partition coefficient (Wildman–Crippen LogP) is 0.391. The van der Waals surface area contributed by atoms with Crippen LogP contribution >= 0.6 is 0 Å². The third kappa shape index (κ3) is 3.75. The molecule has 0 aliphatic heterocycles. The summed E-state index contributed by atoms with van der Waals surface area (Å²) in [5.41, 5.74) is 5.86. The number of pyridine rings is 1.